The summed E-state index contributed by atoms with van der Waals surface area (Å²) in [5, 5.41) is 7.39. The number of rotatable bonds is 6. The SMILES string of the molecule is CCc1c(C(=O)NCCC2CCCN(C(=O)OC(C)(C)C)C2)cnn1-c1ccccn1. The standard InChI is InChI=1S/C23H33N5O3/c1-5-19-18(15-26-28(19)20-10-6-7-12-24-20)21(29)25-13-11-17-9-8-14-27(16-17)22(30)31-23(2,3)4/h6-7,10,12,15,17H,5,8-9,11,13-14,16H2,1-4H3,(H,25,29). The van der Waals surface area contributed by atoms with Gasteiger partial charge < -0.3 is 15.0 Å². The topological polar surface area (TPSA) is 89.4 Å². The van der Waals surface area contributed by atoms with Crippen LogP contribution in [-0.2, 0) is 11.2 Å². The number of hydrogen-bond donors (Lipinski definition) is 1. The summed E-state index contributed by atoms with van der Waals surface area (Å²) in [5.74, 6) is 0.921. The molecule has 3 rings (SSSR count). The fourth-order valence-electron chi connectivity index (χ4n) is 3.86. The normalized spacial score (nSPS) is 16.8. The van der Waals surface area contributed by atoms with Gasteiger partial charge in [-0.3, -0.25) is 4.79 Å². The van der Waals surface area contributed by atoms with E-state index in [2.05, 4.69) is 15.4 Å². The van der Waals surface area contributed by atoms with Crippen molar-refractivity contribution in [3.05, 3.63) is 41.9 Å². The lowest BCUT2D eigenvalue weighted by Crippen LogP contribution is -2.43. The highest BCUT2D eigenvalue weighted by atomic mass is 16.6. The molecule has 0 aliphatic carbocycles. The molecular formula is C23H33N5O3. The smallest absolute Gasteiger partial charge is 0.410 e. The molecule has 8 nitrogen and oxygen atoms in total. The van der Waals surface area contributed by atoms with E-state index in [1.807, 2.05) is 45.9 Å². The van der Waals surface area contributed by atoms with E-state index in [4.69, 9.17) is 4.74 Å². The molecule has 3 heterocycles. The first kappa shape index (κ1) is 22.8. The van der Waals surface area contributed by atoms with Gasteiger partial charge in [-0.25, -0.2) is 14.5 Å². The number of aromatic nitrogens is 3. The van der Waals surface area contributed by atoms with Crippen molar-refractivity contribution in [2.75, 3.05) is 19.6 Å². The van der Waals surface area contributed by atoms with E-state index in [-0.39, 0.29) is 12.0 Å². The summed E-state index contributed by atoms with van der Waals surface area (Å²) in [6, 6.07) is 5.61. The third-order valence-corrected chi connectivity index (χ3v) is 5.32. The largest absolute Gasteiger partial charge is 0.444 e. The predicted octanol–water partition coefficient (Wildman–Crippen LogP) is 3.60. The molecule has 0 radical (unpaired) electrons. The molecule has 1 aliphatic rings. The van der Waals surface area contributed by atoms with Gasteiger partial charge in [-0.1, -0.05) is 13.0 Å². The molecule has 1 aliphatic heterocycles. The Morgan fingerprint density at radius 2 is 2.10 bits per heavy atom. The Kier molecular flexibility index (Phi) is 7.30. The Labute approximate surface area is 184 Å². The Bertz CT molecular complexity index is 888. The monoisotopic (exact) mass is 427 g/mol. The van der Waals surface area contributed by atoms with E-state index < -0.39 is 5.60 Å². The molecule has 1 unspecified atom stereocenters. The molecule has 1 atom stereocenters. The highest BCUT2D eigenvalue weighted by Crippen LogP contribution is 2.21. The number of likely N-dealkylation sites (tertiary alicyclic amines) is 1. The van der Waals surface area contributed by atoms with Gasteiger partial charge in [0.2, 0.25) is 0 Å². The Morgan fingerprint density at radius 1 is 1.29 bits per heavy atom. The number of ether oxygens (including phenoxy) is 1. The summed E-state index contributed by atoms with van der Waals surface area (Å²) in [6.07, 6.45) is 6.56. The predicted molar refractivity (Wildman–Crippen MR) is 118 cm³/mol. The molecule has 0 bridgehead atoms. The maximum Gasteiger partial charge on any atom is 0.410 e. The highest BCUT2D eigenvalue weighted by Gasteiger charge is 2.27. The van der Waals surface area contributed by atoms with E-state index in [1.165, 1.54) is 0 Å². The minimum atomic E-state index is -0.491. The van der Waals surface area contributed by atoms with Gasteiger partial charge in [-0.05, 0) is 64.5 Å². The van der Waals surface area contributed by atoms with Crippen molar-refractivity contribution in [1.29, 1.82) is 0 Å². The van der Waals surface area contributed by atoms with Crippen molar-refractivity contribution in [1.82, 2.24) is 25.0 Å². The fourth-order valence-corrected chi connectivity index (χ4v) is 3.86. The van der Waals surface area contributed by atoms with E-state index >= 15 is 0 Å². The van der Waals surface area contributed by atoms with Crippen molar-refractivity contribution in [3.63, 3.8) is 0 Å². The molecular weight excluding hydrogens is 394 g/mol. The van der Waals surface area contributed by atoms with Crippen LogP contribution < -0.4 is 5.32 Å². The van der Waals surface area contributed by atoms with E-state index in [1.54, 1.807) is 22.0 Å². The lowest BCUT2D eigenvalue weighted by molar-refractivity contribution is 0.0161. The van der Waals surface area contributed by atoms with Crippen LogP contribution in [0, 0.1) is 5.92 Å². The van der Waals surface area contributed by atoms with Crippen molar-refractivity contribution < 1.29 is 14.3 Å². The van der Waals surface area contributed by atoms with Gasteiger partial charge in [0.1, 0.15) is 5.60 Å². The maximum atomic E-state index is 12.8. The second kappa shape index (κ2) is 9.94. The van der Waals surface area contributed by atoms with Crippen LogP contribution in [0.5, 0.6) is 0 Å². The lowest BCUT2D eigenvalue weighted by Gasteiger charge is -2.34. The summed E-state index contributed by atoms with van der Waals surface area (Å²) in [4.78, 5) is 31.2. The number of amides is 2. The number of carbonyl (C=O) groups is 2. The van der Waals surface area contributed by atoms with Gasteiger partial charge in [0.25, 0.3) is 5.91 Å². The van der Waals surface area contributed by atoms with Crippen molar-refractivity contribution in [3.8, 4) is 5.82 Å². The van der Waals surface area contributed by atoms with E-state index in [0.29, 0.717) is 36.8 Å². The minimum Gasteiger partial charge on any atom is -0.444 e. The molecule has 2 amide bonds. The second-order valence-electron chi connectivity index (χ2n) is 8.94. The number of carbonyl (C=O) groups excluding carboxylic acids is 2. The molecule has 2 aromatic rings. The molecule has 1 fully saturated rings. The van der Waals surface area contributed by atoms with Gasteiger partial charge in [0.15, 0.2) is 5.82 Å². The van der Waals surface area contributed by atoms with Crippen LogP contribution in [0.15, 0.2) is 30.6 Å². The number of pyridine rings is 1. The highest BCUT2D eigenvalue weighted by molar-refractivity contribution is 5.95. The van der Waals surface area contributed by atoms with Crippen LogP contribution in [0.3, 0.4) is 0 Å². The third kappa shape index (κ3) is 6.06. The third-order valence-electron chi connectivity index (χ3n) is 5.32. The van der Waals surface area contributed by atoms with E-state index in [0.717, 1.165) is 31.5 Å². The maximum absolute atomic E-state index is 12.8. The Hall–Kier alpha value is -2.90. The first-order valence-corrected chi connectivity index (χ1v) is 11.0. The summed E-state index contributed by atoms with van der Waals surface area (Å²) in [6.45, 7) is 9.59. The van der Waals surface area contributed by atoms with Gasteiger partial charge >= 0.3 is 6.09 Å². The first-order chi connectivity index (χ1) is 14.8. The van der Waals surface area contributed by atoms with Gasteiger partial charge in [-0.2, -0.15) is 5.10 Å². The van der Waals surface area contributed by atoms with Crippen LogP contribution in [0.25, 0.3) is 5.82 Å². The average molecular weight is 428 g/mol. The van der Waals surface area contributed by atoms with Crippen molar-refractivity contribution >= 4 is 12.0 Å². The molecule has 0 aromatic carbocycles. The lowest BCUT2D eigenvalue weighted by atomic mass is 9.95. The molecule has 168 valence electrons. The zero-order chi connectivity index (χ0) is 22.4. The number of hydrogen-bond acceptors (Lipinski definition) is 5. The molecule has 0 saturated carbocycles. The molecule has 2 aromatic heterocycles. The van der Waals surface area contributed by atoms with Gasteiger partial charge in [0.05, 0.1) is 17.5 Å². The second-order valence-corrected chi connectivity index (χ2v) is 8.94. The van der Waals surface area contributed by atoms with Crippen LogP contribution >= 0.6 is 0 Å². The average Bonchev–Trinajstić information content (AvgIpc) is 3.17. The van der Waals surface area contributed by atoms with Crippen molar-refractivity contribution in [2.24, 2.45) is 5.92 Å². The molecule has 1 saturated heterocycles. The van der Waals surface area contributed by atoms with Crippen molar-refractivity contribution in [2.45, 2.75) is 59.0 Å². The summed E-state index contributed by atoms with van der Waals surface area (Å²) in [5.41, 5.74) is 0.923. The van der Waals surface area contributed by atoms with E-state index in [9.17, 15) is 9.59 Å². The molecule has 8 heteroatoms. The summed E-state index contributed by atoms with van der Waals surface area (Å²) < 4.78 is 7.21. The van der Waals surface area contributed by atoms with Gasteiger partial charge in [0, 0.05) is 25.8 Å². The molecule has 0 spiro atoms. The summed E-state index contributed by atoms with van der Waals surface area (Å²) >= 11 is 0. The fraction of sp³-hybridized carbons (Fsp3) is 0.565. The van der Waals surface area contributed by atoms with Crippen LogP contribution in [0.1, 0.15) is 63.0 Å². The summed E-state index contributed by atoms with van der Waals surface area (Å²) in [7, 11) is 0. The number of nitrogens with one attached hydrogen (secondary N) is 1. The zero-order valence-corrected chi connectivity index (χ0v) is 18.9. The quantitative estimate of drug-likeness (QED) is 0.761. The Balaban J connectivity index is 1.53. The first-order valence-electron chi connectivity index (χ1n) is 11.0. The zero-order valence-electron chi connectivity index (χ0n) is 18.9. The number of nitrogens with zero attached hydrogens (tertiary/aromatic N) is 4. The van der Waals surface area contributed by atoms with Crippen LogP contribution in [0.4, 0.5) is 4.79 Å². The molecule has 31 heavy (non-hydrogen) atoms. The molecule has 1 N–H and O–H groups in total. The number of piperidine rings is 1. The minimum absolute atomic E-state index is 0.126. The Morgan fingerprint density at radius 3 is 2.77 bits per heavy atom. The van der Waals surface area contributed by atoms with Crippen LogP contribution in [-0.4, -0.2) is 56.9 Å². The van der Waals surface area contributed by atoms with Crippen LogP contribution in [0.2, 0.25) is 0 Å². The van der Waals surface area contributed by atoms with Gasteiger partial charge in [-0.15, -0.1) is 0 Å².